The molecule has 9 nitrogen and oxygen atoms in total. The summed E-state index contributed by atoms with van der Waals surface area (Å²) in [6.45, 7) is 1.83. The van der Waals surface area contributed by atoms with Crippen LogP contribution in [0.1, 0.15) is 5.56 Å². The van der Waals surface area contributed by atoms with Crippen LogP contribution in [0.15, 0.2) is 71.4 Å². The van der Waals surface area contributed by atoms with Crippen LogP contribution >= 0.6 is 0 Å². The number of rotatable bonds is 7. The molecular weight excluding hydrogens is 503 g/mol. The van der Waals surface area contributed by atoms with Crippen molar-refractivity contribution >= 4 is 22.9 Å². The number of urea groups is 1. The molecule has 0 saturated carbocycles. The minimum absolute atomic E-state index is 0.114. The third-order valence-corrected chi connectivity index (χ3v) is 5.90. The van der Waals surface area contributed by atoms with E-state index in [0.29, 0.717) is 61.1 Å². The van der Waals surface area contributed by atoms with E-state index in [-0.39, 0.29) is 11.8 Å². The first-order chi connectivity index (χ1) is 18.3. The summed E-state index contributed by atoms with van der Waals surface area (Å²) in [5, 5.41) is 7.34. The molecule has 2 aromatic carbocycles. The number of hydrogen-bond acceptors (Lipinski definition) is 7. The molecule has 198 valence electrons. The number of piperazine rings is 1. The van der Waals surface area contributed by atoms with Gasteiger partial charge in [0.05, 0.1) is 5.39 Å². The largest absolute Gasteiger partial charge is 0.484 e. The minimum Gasteiger partial charge on any atom is -0.484 e. The monoisotopic (exact) mass is 527 g/mol. The zero-order chi connectivity index (χ0) is 26.5. The molecule has 0 atom stereocenters. The van der Waals surface area contributed by atoms with Gasteiger partial charge in [0.25, 0.3) is 5.71 Å². The van der Waals surface area contributed by atoms with E-state index in [9.17, 15) is 18.0 Å². The van der Waals surface area contributed by atoms with Crippen LogP contribution in [0.2, 0.25) is 0 Å². The van der Waals surface area contributed by atoms with Crippen LogP contribution in [-0.4, -0.2) is 64.9 Å². The van der Waals surface area contributed by atoms with E-state index in [1.807, 2.05) is 24.3 Å². The van der Waals surface area contributed by atoms with Gasteiger partial charge in [-0.15, -0.1) is 0 Å². The van der Waals surface area contributed by atoms with Gasteiger partial charge in [0.2, 0.25) is 0 Å². The highest BCUT2D eigenvalue weighted by Crippen LogP contribution is 2.26. The summed E-state index contributed by atoms with van der Waals surface area (Å²) in [5.41, 5.74) is 1.40. The summed E-state index contributed by atoms with van der Waals surface area (Å²) in [5.74, 6) is 1.55. The molecule has 1 fully saturated rings. The SMILES string of the molecule is O=C(Nc1noc2ncccc12)N1CCN(Cc2cccc(Oc3ccc(OCC(F)(F)F)cc3)c2)CC1. The Morgan fingerprint density at radius 3 is 2.50 bits per heavy atom. The van der Waals surface area contributed by atoms with Crippen molar-refractivity contribution in [3.05, 3.63) is 72.4 Å². The van der Waals surface area contributed by atoms with Crippen molar-refractivity contribution in [1.29, 1.82) is 0 Å². The molecule has 1 aliphatic rings. The Morgan fingerprint density at radius 2 is 1.74 bits per heavy atom. The Labute approximate surface area is 215 Å². The maximum absolute atomic E-state index is 12.7. The quantitative estimate of drug-likeness (QED) is 0.348. The highest BCUT2D eigenvalue weighted by Gasteiger charge is 2.28. The third-order valence-electron chi connectivity index (χ3n) is 5.90. The first-order valence-corrected chi connectivity index (χ1v) is 11.9. The first kappa shape index (κ1) is 25.3. The maximum atomic E-state index is 12.7. The van der Waals surface area contributed by atoms with Crippen molar-refractivity contribution < 1.29 is 32.0 Å². The standard InChI is InChI=1S/C26H24F3N5O4/c27-26(28,29)17-36-19-6-8-20(9-7-19)37-21-4-1-3-18(15-21)16-33-11-13-34(14-12-33)25(35)31-23-22-5-2-10-30-24(22)38-32-23/h1-10,15H,11-14,16-17H2,(H,31,32,35). The summed E-state index contributed by atoms with van der Waals surface area (Å²) >= 11 is 0. The van der Waals surface area contributed by atoms with Crippen molar-refractivity contribution in [2.24, 2.45) is 0 Å². The number of carbonyl (C=O) groups excluding carboxylic acids is 1. The molecule has 1 N–H and O–H groups in total. The number of nitrogens with one attached hydrogen (secondary N) is 1. The first-order valence-electron chi connectivity index (χ1n) is 11.9. The van der Waals surface area contributed by atoms with Gasteiger partial charge in [-0.3, -0.25) is 10.2 Å². The Hall–Kier alpha value is -4.32. The molecule has 0 bridgehead atoms. The lowest BCUT2D eigenvalue weighted by Crippen LogP contribution is -2.49. The molecule has 38 heavy (non-hydrogen) atoms. The van der Waals surface area contributed by atoms with E-state index in [1.54, 1.807) is 35.4 Å². The molecule has 1 saturated heterocycles. The Balaban J connectivity index is 1.11. The number of hydrogen-bond donors (Lipinski definition) is 1. The van der Waals surface area contributed by atoms with Gasteiger partial charge >= 0.3 is 12.2 Å². The Morgan fingerprint density at radius 1 is 0.974 bits per heavy atom. The van der Waals surface area contributed by atoms with Gasteiger partial charge < -0.3 is 18.9 Å². The van der Waals surface area contributed by atoms with Crippen molar-refractivity contribution in [2.45, 2.75) is 12.7 Å². The molecule has 4 aromatic rings. The van der Waals surface area contributed by atoms with E-state index in [4.69, 9.17) is 14.0 Å². The summed E-state index contributed by atoms with van der Waals surface area (Å²) in [6, 6.07) is 16.9. The second kappa shape index (κ2) is 11.0. The topological polar surface area (TPSA) is 93.0 Å². The van der Waals surface area contributed by atoms with Crippen molar-refractivity contribution in [2.75, 3.05) is 38.1 Å². The fourth-order valence-corrected chi connectivity index (χ4v) is 4.03. The molecular formula is C26H24F3N5O4. The molecule has 0 unspecified atom stereocenters. The Kier molecular flexibility index (Phi) is 7.31. The molecule has 12 heteroatoms. The summed E-state index contributed by atoms with van der Waals surface area (Å²) in [6.07, 6.45) is -2.79. The number of anilines is 1. The van der Waals surface area contributed by atoms with Gasteiger partial charge in [-0.25, -0.2) is 9.78 Å². The average Bonchev–Trinajstić information content (AvgIpc) is 3.31. The number of amides is 2. The van der Waals surface area contributed by atoms with Crippen LogP contribution < -0.4 is 14.8 Å². The van der Waals surface area contributed by atoms with Gasteiger partial charge in [-0.1, -0.05) is 17.3 Å². The van der Waals surface area contributed by atoms with Gasteiger partial charge in [0.15, 0.2) is 12.4 Å². The number of alkyl halides is 3. The molecule has 3 heterocycles. The van der Waals surface area contributed by atoms with Crippen LogP contribution in [0.4, 0.5) is 23.8 Å². The van der Waals surface area contributed by atoms with Gasteiger partial charge in [-0.05, 0) is 54.1 Å². The number of benzene rings is 2. The lowest BCUT2D eigenvalue weighted by atomic mass is 10.2. The predicted molar refractivity (Wildman–Crippen MR) is 132 cm³/mol. The summed E-state index contributed by atoms with van der Waals surface area (Å²) < 4.78 is 52.6. The lowest BCUT2D eigenvalue weighted by Gasteiger charge is -2.34. The van der Waals surface area contributed by atoms with Crippen LogP contribution in [-0.2, 0) is 6.54 Å². The number of halogens is 3. The van der Waals surface area contributed by atoms with Gasteiger partial charge in [0, 0.05) is 38.9 Å². The third kappa shape index (κ3) is 6.51. The van der Waals surface area contributed by atoms with Crippen molar-refractivity contribution in [3.63, 3.8) is 0 Å². The van der Waals surface area contributed by atoms with Crippen LogP contribution in [0, 0.1) is 0 Å². The maximum Gasteiger partial charge on any atom is 0.422 e. The number of pyridine rings is 1. The van der Waals surface area contributed by atoms with E-state index < -0.39 is 12.8 Å². The number of fused-ring (bicyclic) bond motifs is 1. The van der Waals surface area contributed by atoms with Crippen molar-refractivity contribution in [3.8, 4) is 17.2 Å². The minimum atomic E-state index is -4.39. The fourth-order valence-electron chi connectivity index (χ4n) is 4.03. The zero-order valence-electron chi connectivity index (χ0n) is 20.1. The number of nitrogens with zero attached hydrogens (tertiary/aromatic N) is 4. The molecule has 2 amide bonds. The fraction of sp³-hybridized carbons (Fsp3) is 0.269. The zero-order valence-corrected chi connectivity index (χ0v) is 20.1. The Bertz CT molecular complexity index is 1390. The van der Waals surface area contributed by atoms with E-state index in [0.717, 1.165) is 5.56 Å². The van der Waals surface area contributed by atoms with E-state index in [1.165, 1.54) is 12.1 Å². The predicted octanol–water partition coefficient (Wildman–Crippen LogP) is 5.31. The average molecular weight is 528 g/mol. The summed E-state index contributed by atoms with van der Waals surface area (Å²) in [4.78, 5) is 20.8. The second-order valence-corrected chi connectivity index (χ2v) is 8.71. The molecule has 0 radical (unpaired) electrons. The second-order valence-electron chi connectivity index (χ2n) is 8.71. The molecule has 5 rings (SSSR count). The van der Waals surface area contributed by atoms with Crippen molar-refractivity contribution in [1.82, 2.24) is 19.9 Å². The molecule has 1 aliphatic heterocycles. The summed E-state index contributed by atoms with van der Waals surface area (Å²) in [7, 11) is 0. The van der Waals surface area contributed by atoms with Crippen LogP contribution in [0.3, 0.4) is 0 Å². The number of ether oxygens (including phenoxy) is 2. The van der Waals surface area contributed by atoms with Gasteiger partial charge in [0.1, 0.15) is 17.2 Å². The van der Waals surface area contributed by atoms with Gasteiger partial charge in [-0.2, -0.15) is 13.2 Å². The van der Waals surface area contributed by atoms with E-state index >= 15 is 0 Å². The normalized spacial score (nSPS) is 14.4. The molecule has 2 aromatic heterocycles. The highest BCUT2D eigenvalue weighted by molar-refractivity contribution is 5.97. The smallest absolute Gasteiger partial charge is 0.422 e. The van der Waals surface area contributed by atoms with E-state index in [2.05, 4.69) is 20.4 Å². The van der Waals surface area contributed by atoms with Crippen LogP contribution in [0.25, 0.3) is 11.1 Å². The number of carbonyl (C=O) groups is 1. The molecule has 0 spiro atoms. The number of aromatic nitrogens is 2. The molecule has 0 aliphatic carbocycles. The lowest BCUT2D eigenvalue weighted by molar-refractivity contribution is -0.153. The highest BCUT2D eigenvalue weighted by atomic mass is 19.4. The van der Waals surface area contributed by atoms with Crippen LogP contribution in [0.5, 0.6) is 17.2 Å².